The highest BCUT2D eigenvalue weighted by molar-refractivity contribution is 5.98. The van der Waals surface area contributed by atoms with Crippen LogP contribution >= 0.6 is 0 Å². The van der Waals surface area contributed by atoms with Gasteiger partial charge in [-0.15, -0.1) is 0 Å². The van der Waals surface area contributed by atoms with Crippen molar-refractivity contribution >= 4 is 11.6 Å². The summed E-state index contributed by atoms with van der Waals surface area (Å²) in [5.41, 5.74) is 2.09. The molecular formula is C23H38N2O. The highest BCUT2D eigenvalue weighted by Crippen LogP contribution is 2.13. The van der Waals surface area contributed by atoms with E-state index in [0.29, 0.717) is 0 Å². The molecular weight excluding hydrogens is 320 g/mol. The molecule has 1 aromatic rings. The first kappa shape index (κ1) is 22.4. The van der Waals surface area contributed by atoms with Gasteiger partial charge in [0.15, 0.2) is 0 Å². The van der Waals surface area contributed by atoms with Crippen molar-refractivity contribution in [1.82, 2.24) is 4.90 Å². The molecule has 0 aromatic heterocycles. The Morgan fingerprint density at radius 2 is 1.50 bits per heavy atom. The molecule has 0 bridgehead atoms. The number of benzene rings is 1. The standard InChI is InChI=1S/C23H38N2O/c1-4-6-7-8-9-10-11-12-13-14-19-25(3)20-21-15-17-22(18-16-21)24-23(26)5-2/h5,15-18H,2,4,6-14,19-20H2,1,3H3,(H,24,26). The molecule has 1 N–H and O–H groups in total. The zero-order chi connectivity index (χ0) is 19.0. The predicted molar refractivity (Wildman–Crippen MR) is 113 cm³/mol. The molecule has 0 unspecified atom stereocenters. The molecule has 1 aromatic carbocycles. The highest BCUT2D eigenvalue weighted by Gasteiger charge is 2.02. The molecule has 0 aliphatic rings. The molecule has 0 aliphatic heterocycles. The van der Waals surface area contributed by atoms with Crippen LogP contribution < -0.4 is 5.32 Å². The van der Waals surface area contributed by atoms with Gasteiger partial charge >= 0.3 is 0 Å². The molecule has 0 atom stereocenters. The molecule has 146 valence electrons. The first-order valence-electron chi connectivity index (χ1n) is 10.4. The van der Waals surface area contributed by atoms with Gasteiger partial charge in [0, 0.05) is 12.2 Å². The number of amides is 1. The minimum atomic E-state index is -0.171. The van der Waals surface area contributed by atoms with Crippen molar-refractivity contribution in [2.45, 2.75) is 77.7 Å². The Balaban J connectivity index is 2.06. The normalized spacial score (nSPS) is 10.9. The molecule has 1 rings (SSSR count). The van der Waals surface area contributed by atoms with E-state index in [1.165, 1.54) is 75.8 Å². The van der Waals surface area contributed by atoms with Crippen molar-refractivity contribution in [3.05, 3.63) is 42.5 Å². The Kier molecular flexibility index (Phi) is 12.6. The van der Waals surface area contributed by atoms with Gasteiger partial charge in [0.1, 0.15) is 0 Å². The number of carbonyl (C=O) groups excluding carboxylic acids is 1. The summed E-state index contributed by atoms with van der Waals surface area (Å²) >= 11 is 0. The zero-order valence-electron chi connectivity index (χ0n) is 16.9. The lowest BCUT2D eigenvalue weighted by Gasteiger charge is -2.17. The summed E-state index contributed by atoms with van der Waals surface area (Å²) in [5, 5.41) is 2.77. The third kappa shape index (κ3) is 11.1. The van der Waals surface area contributed by atoms with Crippen molar-refractivity contribution in [2.24, 2.45) is 0 Å². The number of unbranched alkanes of at least 4 members (excludes halogenated alkanes) is 9. The molecule has 0 spiro atoms. The van der Waals surface area contributed by atoms with E-state index >= 15 is 0 Å². The van der Waals surface area contributed by atoms with Crippen molar-refractivity contribution in [3.63, 3.8) is 0 Å². The average molecular weight is 359 g/mol. The average Bonchev–Trinajstić information content (AvgIpc) is 2.64. The molecule has 1 amide bonds. The summed E-state index contributed by atoms with van der Waals surface area (Å²) in [6, 6.07) is 8.05. The van der Waals surface area contributed by atoms with Crippen molar-refractivity contribution < 1.29 is 4.79 Å². The maximum absolute atomic E-state index is 11.3. The van der Waals surface area contributed by atoms with Crippen LogP contribution in [0.15, 0.2) is 36.9 Å². The number of anilines is 1. The Hall–Kier alpha value is -1.61. The molecule has 3 heteroatoms. The summed E-state index contributed by atoms with van der Waals surface area (Å²) in [6.45, 7) is 7.83. The Morgan fingerprint density at radius 3 is 2.04 bits per heavy atom. The molecule has 0 saturated carbocycles. The second-order valence-electron chi connectivity index (χ2n) is 7.31. The van der Waals surface area contributed by atoms with Gasteiger partial charge in [-0.2, -0.15) is 0 Å². The number of hydrogen-bond acceptors (Lipinski definition) is 2. The maximum atomic E-state index is 11.3. The topological polar surface area (TPSA) is 32.3 Å². The molecule has 0 radical (unpaired) electrons. The first-order valence-corrected chi connectivity index (χ1v) is 10.4. The van der Waals surface area contributed by atoms with Crippen LogP contribution in [0.1, 0.15) is 76.7 Å². The Bertz CT molecular complexity index is 495. The van der Waals surface area contributed by atoms with E-state index in [1.807, 2.05) is 12.1 Å². The van der Waals surface area contributed by atoms with Crippen molar-refractivity contribution in [2.75, 3.05) is 18.9 Å². The SMILES string of the molecule is C=CC(=O)Nc1ccc(CN(C)CCCCCCCCCCCC)cc1. The quantitative estimate of drug-likeness (QED) is 0.300. The van der Waals surface area contributed by atoms with Crippen LogP contribution in [-0.2, 0) is 11.3 Å². The number of hydrogen-bond donors (Lipinski definition) is 1. The fraction of sp³-hybridized carbons (Fsp3) is 0.609. The minimum absolute atomic E-state index is 0.171. The van der Waals surface area contributed by atoms with E-state index in [4.69, 9.17) is 0 Å². The summed E-state index contributed by atoms with van der Waals surface area (Å²) in [6.07, 6.45) is 15.1. The zero-order valence-corrected chi connectivity index (χ0v) is 16.9. The second kappa shape index (κ2) is 14.5. The van der Waals surface area contributed by atoms with E-state index in [9.17, 15) is 4.79 Å². The summed E-state index contributed by atoms with van der Waals surface area (Å²) < 4.78 is 0. The molecule has 0 fully saturated rings. The summed E-state index contributed by atoms with van der Waals surface area (Å²) in [7, 11) is 2.18. The van der Waals surface area contributed by atoms with Crippen molar-refractivity contribution in [3.8, 4) is 0 Å². The van der Waals surface area contributed by atoms with Crippen molar-refractivity contribution in [1.29, 1.82) is 0 Å². The van der Waals surface area contributed by atoms with Gasteiger partial charge in [-0.25, -0.2) is 0 Å². The number of nitrogens with zero attached hydrogens (tertiary/aromatic N) is 1. The van der Waals surface area contributed by atoms with Crippen LogP contribution in [0.3, 0.4) is 0 Å². The third-order valence-electron chi connectivity index (χ3n) is 4.75. The van der Waals surface area contributed by atoms with E-state index in [-0.39, 0.29) is 5.91 Å². The predicted octanol–water partition coefficient (Wildman–Crippen LogP) is 6.16. The van der Waals surface area contributed by atoms with E-state index in [1.54, 1.807) is 0 Å². The van der Waals surface area contributed by atoms with Gasteiger partial charge in [-0.05, 0) is 43.8 Å². The van der Waals surface area contributed by atoms with Gasteiger partial charge in [-0.3, -0.25) is 4.79 Å². The number of carbonyl (C=O) groups is 1. The molecule has 3 nitrogen and oxygen atoms in total. The van der Waals surface area contributed by atoms with Crippen LogP contribution in [0.4, 0.5) is 5.69 Å². The van der Waals surface area contributed by atoms with Crippen LogP contribution in [0.25, 0.3) is 0 Å². The van der Waals surface area contributed by atoms with E-state index in [2.05, 4.69) is 42.9 Å². The Morgan fingerprint density at radius 1 is 0.962 bits per heavy atom. The number of nitrogens with one attached hydrogen (secondary N) is 1. The lowest BCUT2D eigenvalue weighted by atomic mass is 10.1. The largest absolute Gasteiger partial charge is 0.323 e. The van der Waals surface area contributed by atoms with Crippen LogP contribution in [0.5, 0.6) is 0 Å². The smallest absolute Gasteiger partial charge is 0.247 e. The third-order valence-corrected chi connectivity index (χ3v) is 4.75. The lowest BCUT2D eigenvalue weighted by molar-refractivity contribution is -0.111. The molecule has 0 aliphatic carbocycles. The Labute approximate surface area is 160 Å². The molecule has 0 heterocycles. The molecule has 0 saturated heterocycles. The monoisotopic (exact) mass is 358 g/mol. The van der Waals surface area contributed by atoms with Gasteiger partial charge in [0.05, 0.1) is 0 Å². The number of rotatable bonds is 15. The second-order valence-corrected chi connectivity index (χ2v) is 7.31. The lowest BCUT2D eigenvalue weighted by Crippen LogP contribution is -2.19. The maximum Gasteiger partial charge on any atom is 0.247 e. The molecule has 26 heavy (non-hydrogen) atoms. The highest BCUT2D eigenvalue weighted by atomic mass is 16.1. The van der Waals surface area contributed by atoms with Gasteiger partial charge in [-0.1, -0.05) is 83.4 Å². The first-order chi connectivity index (χ1) is 12.7. The van der Waals surface area contributed by atoms with Gasteiger partial charge in [0.25, 0.3) is 0 Å². The summed E-state index contributed by atoms with van der Waals surface area (Å²) in [4.78, 5) is 13.7. The van der Waals surface area contributed by atoms with Crippen LogP contribution in [0, 0.1) is 0 Å². The van der Waals surface area contributed by atoms with Gasteiger partial charge in [0.2, 0.25) is 5.91 Å². The van der Waals surface area contributed by atoms with Gasteiger partial charge < -0.3 is 10.2 Å². The minimum Gasteiger partial charge on any atom is -0.323 e. The fourth-order valence-electron chi connectivity index (χ4n) is 3.15. The van der Waals surface area contributed by atoms with E-state index < -0.39 is 0 Å². The van der Waals surface area contributed by atoms with Crippen LogP contribution in [-0.4, -0.2) is 24.4 Å². The summed E-state index contributed by atoms with van der Waals surface area (Å²) in [5.74, 6) is -0.171. The fourth-order valence-corrected chi connectivity index (χ4v) is 3.15. The van der Waals surface area contributed by atoms with Crippen LogP contribution in [0.2, 0.25) is 0 Å². The van der Waals surface area contributed by atoms with E-state index in [0.717, 1.165) is 18.8 Å².